The number of aromatic hydroxyl groups is 1. The molecule has 0 radical (unpaired) electrons. The summed E-state index contributed by atoms with van der Waals surface area (Å²) in [7, 11) is 0. The second-order valence-corrected chi connectivity index (χ2v) is 5.51. The number of carbonyl (C=O) groups is 1. The third-order valence-electron chi connectivity index (χ3n) is 1.37. The zero-order valence-electron chi connectivity index (χ0n) is 6.01. The van der Waals surface area contributed by atoms with Gasteiger partial charge in [0.2, 0.25) is 0 Å². The van der Waals surface area contributed by atoms with E-state index in [1.165, 1.54) is 6.07 Å². The highest BCUT2D eigenvalue weighted by molar-refractivity contribution is 14.1. The van der Waals surface area contributed by atoms with Crippen LogP contribution in [-0.4, -0.2) is 16.2 Å². The molecule has 0 fully saturated rings. The summed E-state index contributed by atoms with van der Waals surface area (Å²) >= 11 is 6.03. The molecule has 0 atom stereocenters. The maximum absolute atomic E-state index is 10.7. The highest BCUT2D eigenvalue weighted by Crippen LogP contribution is 2.32. The Balaban J connectivity index is 3.50. The summed E-state index contributed by atoms with van der Waals surface area (Å²) in [6.07, 6.45) is 0. The highest BCUT2D eigenvalue weighted by atomic mass is 127. The van der Waals surface area contributed by atoms with E-state index in [9.17, 15) is 9.90 Å². The molecule has 0 aliphatic carbocycles. The van der Waals surface area contributed by atoms with E-state index in [2.05, 4.69) is 22.6 Å². The van der Waals surface area contributed by atoms with Crippen LogP contribution in [0.3, 0.4) is 0 Å². The predicted octanol–water partition coefficient (Wildman–Crippen LogP) is 2.90. The van der Waals surface area contributed by atoms with E-state index < -0.39 is 5.97 Å². The van der Waals surface area contributed by atoms with E-state index in [1.807, 2.05) is 45.2 Å². The second kappa shape index (κ2) is 4.47. The topological polar surface area (TPSA) is 57.5 Å². The van der Waals surface area contributed by atoms with E-state index in [0.29, 0.717) is 3.57 Å². The summed E-state index contributed by atoms with van der Waals surface area (Å²) < 4.78 is 2.29. The van der Waals surface area contributed by atoms with Gasteiger partial charge in [0, 0.05) is 7.14 Å². The van der Waals surface area contributed by atoms with Crippen LogP contribution in [0.25, 0.3) is 0 Å². The number of aromatic carboxylic acids is 1. The van der Waals surface area contributed by atoms with E-state index in [0.717, 1.165) is 7.14 Å². The molecule has 0 aliphatic rings. The number of carboxylic acid groups (broad SMARTS) is 1. The third-order valence-corrected chi connectivity index (χ3v) is 6.45. The van der Waals surface area contributed by atoms with Crippen LogP contribution in [0.4, 0.5) is 0 Å². The molecule has 13 heavy (non-hydrogen) atoms. The van der Waals surface area contributed by atoms with E-state index in [4.69, 9.17) is 5.11 Å². The monoisotopic (exact) mass is 516 g/mol. The molecule has 2 N–H and O–H groups in total. The minimum absolute atomic E-state index is 0.0470. The second-order valence-electron chi connectivity index (χ2n) is 2.19. The largest absolute Gasteiger partial charge is 0.506 e. The van der Waals surface area contributed by atoms with Gasteiger partial charge in [0.05, 0.1) is 3.57 Å². The lowest BCUT2D eigenvalue weighted by molar-refractivity contribution is 0.0693. The van der Waals surface area contributed by atoms with Crippen molar-refractivity contribution in [3.8, 4) is 5.75 Å². The minimum Gasteiger partial charge on any atom is -0.506 e. The molecule has 0 saturated heterocycles. The van der Waals surface area contributed by atoms with Gasteiger partial charge in [-0.1, -0.05) is 0 Å². The first-order valence-corrected chi connectivity index (χ1v) is 6.28. The summed E-state index contributed by atoms with van der Waals surface area (Å²) in [4.78, 5) is 10.7. The maximum atomic E-state index is 10.7. The number of phenols is 1. The number of carboxylic acids is 1. The Labute approximate surface area is 115 Å². The maximum Gasteiger partial charge on any atom is 0.339 e. The summed E-state index contributed by atoms with van der Waals surface area (Å²) in [6, 6.07) is 1.46. The van der Waals surface area contributed by atoms with Crippen molar-refractivity contribution >= 4 is 73.7 Å². The van der Waals surface area contributed by atoms with Crippen molar-refractivity contribution in [1.82, 2.24) is 0 Å². The van der Waals surface area contributed by atoms with Gasteiger partial charge in [0.15, 0.2) is 0 Å². The van der Waals surface area contributed by atoms with Crippen LogP contribution >= 0.6 is 67.8 Å². The van der Waals surface area contributed by atoms with Crippen LogP contribution in [0.5, 0.6) is 5.75 Å². The lowest BCUT2D eigenvalue weighted by Crippen LogP contribution is -2.00. The fourth-order valence-corrected chi connectivity index (χ4v) is 2.84. The van der Waals surface area contributed by atoms with Gasteiger partial charge in [-0.15, -0.1) is 0 Å². The summed E-state index contributed by atoms with van der Waals surface area (Å²) in [5, 5.41) is 18.2. The van der Waals surface area contributed by atoms with Crippen LogP contribution in [0.1, 0.15) is 10.4 Å². The Bertz CT molecular complexity index is 376. The van der Waals surface area contributed by atoms with Crippen molar-refractivity contribution in [2.45, 2.75) is 0 Å². The van der Waals surface area contributed by atoms with Gasteiger partial charge in [-0.05, 0) is 73.8 Å². The Morgan fingerprint density at radius 2 is 1.77 bits per heavy atom. The Hall–Kier alpha value is 0.680. The number of rotatable bonds is 1. The molecule has 0 unspecified atom stereocenters. The first-order chi connectivity index (χ1) is 5.95. The predicted molar refractivity (Wildman–Crippen MR) is 73.2 cm³/mol. The normalized spacial score (nSPS) is 10.1. The van der Waals surface area contributed by atoms with Crippen LogP contribution in [-0.2, 0) is 0 Å². The van der Waals surface area contributed by atoms with Crippen molar-refractivity contribution in [2.24, 2.45) is 0 Å². The molecule has 0 aromatic heterocycles. The smallest absolute Gasteiger partial charge is 0.339 e. The molecule has 0 amide bonds. The number of hydrogen-bond donors (Lipinski definition) is 2. The molecule has 0 heterocycles. The molecule has 1 aromatic carbocycles. The van der Waals surface area contributed by atoms with Gasteiger partial charge in [0.25, 0.3) is 0 Å². The van der Waals surface area contributed by atoms with Gasteiger partial charge in [-0.25, -0.2) is 4.79 Å². The average molecular weight is 516 g/mol. The van der Waals surface area contributed by atoms with Crippen molar-refractivity contribution in [2.75, 3.05) is 0 Å². The molecule has 0 spiro atoms. The summed E-state index contributed by atoms with van der Waals surface area (Å²) in [5.41, 5.74) is -0.0470. The minimum atomic E-state index is -1.11. The standard InChI is InChI=1S/C7H3I3O3/c8-3-1-2(7(12)13)6(11)5(10)4(3)9/h1,11H,(H,12,13). The lowest BCUT2D eigenvalue weighted by atomic mass is 10.2. The van der Waals surface area contributed by atoms with Crippen LogP contribution < -0.4 is 0 Å². The SMILES string of the molecule is O=C(O)c1cc(I)c(I)c(I)c1O. The quantitative estimate of drug-likeness (QED) is 0.447. The van der Waals surface area contributed by atoms with E-state index in [1.54, 1.807) is 0 Å². The Morgan fingerprint density at radius 1 is 1.23 bits per heavy atom. The van der Waals surface area contributed by atoms with Gasteiger partial charge >= 0.3 is 5.97 Å². The molecule has 0 saturated carbocycles. The molecule has 70 valence electrons. The zero-order chi connectivity index (χ0) is 10.2. The van der Waals surface area contributed by atoms with Gasteiger partial charge in [-0.3, -0.25) is 0 Å². The Kier molecular flexibility index (Phi) is 4.04. The van der Waals surface area contributed by atoms with E-state index in [-0.39, 0.29) is 11.3 Å². The molecule has 0 bridgehead atoms. The van der Waals surface area contributed by atoms with E-state index >= 15 is 0 Å². The van der Waals surface area contributed by atoms with Crippen molar-refractivity contribution in [3.63, 3.8) is 0 Å². The molecule has 0 aliphatic heterocycles. The fraction of sp³-hybridized carbons (Fsp3) is 0. The molecule has 3 nitrogen and oxygen atoms in total. The number of hydrogen-bond acceptors (Lipinski definition) is 2. The first-order valence-electron chi connectivity index (χ1n) is 3.05. The van der Waals surface area contributed by atoms with Crippen LogP contribution in [0.15, 0.2) is 6.07 Å². The van der Waals surface area contributed by atoms with Crippen molar-refractivity contribution in [1.29, 1.82) is 0 Å². The van der Waals surface area contributed by atoms with Crippen LogP contribution in [0.2, 0.25) is 0 Å². The lowest BCUT2D eigenvalue weighted by Gasteiger charge is -2.05. The average Bonchev–Trinajstić information content (AvgIpc) is 2.07. The van der Waals surface area contributed by atoms with Gasteiger partial charge < -0.3 is 10.2 Å². The van der Waals surface area contributed by atoms with Gasteiger partial charge in [-0.2, -0.15) is 0 Å². The van der Waals surface area contributed by atoms with Crippen molar-refractivity contribution < 1.29 is 15.0 Å². The first kappa shape index (κ1) is 11.8. The van der Waals surface area contributed by atoms with Gasteiger partial charge in [0.1, 0.15) is 11.3 Å². The fourth-order valence-electron chi connectivity index (χ4n) is 0.748. The highest BCUT2D eigenvalue weighted by Gasteiger charge is 2.16. The third kappa shape index (κ3) is 2.37. The van der Waals surface area contributed by atoms with Crippen molar-refractivity contribution in [3.05, 3.63) is 22.3 Å². The van der Waals surface area contributed by atoms with Crippen LogP contribution in [0, 0.1) is 10.7 Å². The molecular weight excluding hydrogens is 513 g/mol. The zero-order valence-corrected chi connectivity index (χ0v) is 12.5. The summed E-state index contributed by atoms with van der Waals surface area (Å²) in [5.74, 6) is -1.26. The number of halogens is 3. The number of benzene rings is 1. The molecule has 1 rings (SSSR count). The Morgan fingerprint density at radius 3 is 2.23 bits per heavy atom. The summed E-state index contributed by atoms with van der Waals surface area (Å²) in [6.45, 7) is 0. The molecular formula is C7H3I3O3. The molecule has 6 heteroatoms. The molecule has 1 aromatic rings.